The number of anilines is 2. The number of alkyl halides is 3. The maximum atomic E-state index is 12.8. The van der Waals surface area contributed by atoms with Crippen molar-refractivity contribution in [1.82, 2.24) is 9.78 Å². The zero-order chi connectivity index (χ0) is 19.4. The van der Waals surface area contributed by atoms with Crippen molar-refractivity contribution in [3.63, 3.8) is 0 Å². The van der Waals surface area contributed by atoms with Crippen LogP contribution < -0.4 is 10.6 Å². The van der Waals surface area contributed by atoms with Crippen molar-refractivity contribution in [1.29, 1.82) is 0 Å². The number of hydrogen-bond acceptors (Lipinski definition) is 2. The highest BCUT2D eigenvalue weighted by molar-refractivity contribution is 9.10. The van der Waals surface area contributed by atoms with Gasteiger partial charge in [-0.1, -0.05) is 18.2 Å². The molecule has 0 fully saturated rings. The third-order valence-electron chi connectivity index (χ3n) is 3.58. The van der Waals surface area contributed by atoms with Gasteiger partial charge in [0, 0.05) is 17.6 Å². The molecule has 4 nitrogen and oxygen atoms in total. The van der Waals surface area contributed by atoms with Crippen molar-refractivity contribution in [2.75, 3.05) is 10.6 Å². The maximum Gasteiger partial charge on any atom is 0.416 e. The first-order valence-electron chi connectivity index (χ1n) is 7.82. The molecule has 27 heavy (non-hydrogen) atoms. The predicted octanol–water partition coefficient (Wildman–Crippen LogP) is 5.52. The fraction of sp³-hybridized carbons (Fsp3) is 0.111. The number of halogens is 4. The molecule has 0 atom stereocenters. The average Bonchev–Trinajstić information content (AvgIpc) is 2.99. The Morgan fingerprint density at radius 3 is 2.37 bits per heavy atom. The summed E-state index contributed by atoms with van der Waals surface area (Å²) >= 11 is 8.55. The second kappa shape index (κ2) is 8.10. The van der Waals surface area contributed by atoms with Gasteiger partial charge in [-0.2, -0.15) is 18.3 Å². The van der Waals surface area contributed by atoms with E-state index in [1.807, 2.05) is 30.5 Å². The van der Waals surface area contributed by atoms with E-state index in [1.165, 1.54) is 12.1 Å². The lowest BCUT2D eigenvalue weighted by atomic mass is 10.2. The van der Waals surface area contributed by atoms with Gasteiger partial charge in [0.15, 0.2) is 5.11 Å². The van der Waals surface area contributed by atoms with E-state index in [0.717, 1.165) is 27.9 Å². The molecule has 0 amide bonds. The third kappa shape index (κ3) is 5.54. The second-order valence-electron chi connectivity index (χ2n) is 5.71. The molecule has 1 aromatic heterocycles. The lowest BCUT2D eigenvalue weighted by molar-refractivity contribution is -0.137. The van der Waals surface area contributed by atoms with E-state index in [-0.39, 0.29) is 10.8 Å². The molecule has 9 heteroatoms. The first-order chi connectivity index (χ1) is 12.8. The molecule has 1 heterocycles. The largest absolute Gasteiger partial charge is 0.416 e. The summed E-state index contributed by atoms with van der Waals surface area (Å²) in [4.78, 5) is 0. The van der Waals surface area contributed by atoms with Crippen LogP contribution in [0.25, 0.3) is 0 Å². The highest BCUT2D eigenvalue weighted by Crippen LogP contribution is 2.30. The van der Waals surface area contributed by atoms with Crippen LogP contribution in [-0.2, 0) is 12.7 Å². The fourth-order valence-electron chi connectivity index (χ4n) is 2.43. The molecule has 0 aliphatic rings. The highest BCUT2D eigenvalue weighted by atomic mass is 79.9. The molecule has 0 saturated carbocycles. The molecule has 3 aromatic rings. The Balaban J connectivity index is 1.65. The van der Waals surface area contributed by atoms with Gasteiger partial charge in [-0.05, 0) is 64.0 Å². The molecule has 140 valence electrons. The van der Waals surface area contributed by atoms with Crippen LogP contribution in [0.15, 0.2) is 65.4 Å². The molecule has 0 spiro atoms. The number of nitrogens with one attached hydrogen (secondary N) is 2. The first-order valence-corrected chi connectivity index (χ1v) is 9.02. The smallest absolute Gasteiger partial charge is 0.332 e. The molecular weight excluding hydrogens is 441 g/mol. The van der Waals surface area contributed by atoms with Gasteiger partial charge in [-0.15, -0.1) is 0 Å². The minimum absolute atomic E-state index is 0.202. The SMILES string of the molecule is FC(F)(F)c1cccc(NC(=S)Nc2cccc(Cn3cc(Br)cn3)c2)c1. The van der Waals surface area contributed by atoms with Crippen LogP contribution in [0.2, 0.25) is 0 Å². The zero-order valence-corrected chi connectivity index (χ0v) is 16.2. The molecule has 3 rings (SSSR count). The van der Waals surface area contributed by atoms with Crippen LogP contribution in [0, 0.1) is 0 Å². The molecule has 2 aromatic carbocycles. The van der Waals surface area contributed by atoms with Crippen molar-refractivity contribution in [3.8, 4) is 0 Å². The van der Waals surface area contributed by atoms with E-state index in [0.29, 0.717) is 6.54 Å². The van der Waals surface area contributed by atoms with Gasteiger partial charge in [0.2, 0.25) is 0 Å². The van der Waals surface area contributed by atoms with Crippen molar-refractivity contribution in [2.45, 2.75) is 12.7 Å². The summed E-state index contributed by atoms with van der Waals surface area (Å²) in [5, 5.41) is 10.2. The number of aromatic nitrogens is 2. The quantitative estimate of drug-likeness (QED) is 0.509. The summed E-state index contributed by atoms with van der Waals surface area (Å²) in [7, 11) is 0. The molecule has 0 aliphatic heterocycles. The monoisotopic (exact) mass is 454 g/mol. The summed E-state index contributed by atoms with van der Waals surface area (Å²) in [6.07, 6.45) is -0.835. The van der Waals surface area contributed by atoms with Gasteiger partial charge in [0.25, 0.3) is 0 Å². The van der Waals surface area contributed by atoms with Crippen LogP contribution in [0.4, 0.5) is 24.5 Å². The van der Waals surface area contributed by atoms with Crippen molar-refractivity contribution in [2.24, 2.45) is 0 Å². The van der Waals surface area contributed by atoms with E-state index in [2.05, 4.69) is 31.7 Å². The van der Waals surface area contributed by atoms with Gasteiger partial charge in [0.1, 0.15) is 0 Å². The van der Waals surface area contributed by atoms with Crippen molar-refractivity contribution >= 4 is 44.6 Å². The number of nitrogens with zero attached hydrogens (tertiary/aromatic N) is 2. The van der Waals surface area contributed by atoms with Crippen LogP contribution in [0.5, 0.6) is 0 Å². The maximum absolute atomic E-state index is 12.8. The minimum Gasteiger partial charge on any atom is -0.332 e. The molecule has 0 radical (unpaired) electrons. The van der Waals surface area contributed by atoms with Crippen molar-refractivity contribution in [3.05, 3.63) is 76.5 Å². The second-order valence-corrected chi connectivity index (χ2v) is 7.04. The average molecular weight is 455 g/mol. The third-order valence-corrected chi connectivity index (χ3v) is 4.19. The molecule has 0 saturated heterocycles. The number of rotatable bonds is 4. The minimum atomic E-state index is -4.40. The first kappa shape index (κ1) is 19.4. The molecule has 0 unspecified atom stereocenters. The van der Waals surface area contributed by atoms with E-state index < -0.39 is 11.7 Å². The predicted molar refractivity (Wildman–Crippen MR) is 107 cm³/mol. The normalized spacial score (nSPS) is 11.3. The lowest BCUT2D eigenvalue weighted by Gasteiger charge is -2.13. The standard InChI is InChI=1S/C18H14BrF3N4S/c19-14-9-23-26(11-14)10-12-3-1-5-15(7-12)24-17(27)25-16-6-2-4-13(8-16)18(20,21)22/h1-9,11H,10H2,(H2,24,25,27). The van der Waals surface area contributed by atoms with Gasteiger partial charge >= 0.3 is 6.18 Å². The lowest BCUT2D eigenvalue weighted by Crippen LogP contribution is -2.19. The summed E-state index contributed by atoms with van der Waals surface area (Å²) in [5.41, 5.74) is 1.25. The molecular formula is C18H14BrF3N4S. The Kier molecular flexibility index (Phi) is 5.81. The van der Waals surface area contributed by atoms with Gasteiger partial charge in [0.05, 0.1) is 22.8 Å². The number of thiocarbonyl (C=S) groups is 1. The van der Waals surface area contributed by atoms with Gasteiger partial charge in [-0.25, -0.2) is 0 Å². The Hall–Kier alpha value is -2.39. The van der Waals surface area contributed by atoms with E-state index >= 15 is 0 Å². The fourth-order valence-corrected chi connectivity index (χ4v) is 2.99. The van der Waals surface area contributed by atoms with E-state index in [4.69, 9.17) is 12.2 Å². The van der Waals surface area contributed by atoms with Crippen LogP contribution >= 0.6 is 28.1 Å². The summed E-state index contributed by atoms with van der Waals surface area (Å²) < 4.78 is 41.0. The van der Waals surface area contributed by atoms with Crippen molar-refractivity contribution < 1.29 is 13.2 Å². The Morgan fingerprint density at radius 2 is 1.74 bits per heavy atom. The van der Waals surface area contributed by atoms with Crippen LogP contribution in [-0.4, -0.2) is 14.9 Å². The topological polar surface area (TPSA) is 41.9 Å². The van der Waals surface area contributed by atoms with E-state index in [9.17, 15) is 13.2 Å². The molecule has 0 bridgehead atoms. The Bertz CT molecular complexity index is 956. The summed E-state index contributed by atoms with van der Waals surface area (Å²) in [6, 6.07) is 12.4. The highest BCUT2D eigenvalue weighted by Gasteiger charge is 2.30. The van der Waals surface area contributed by atoms with E-state index in [1.54, 1.807) is 10.9 Å². The summed E-state index contributed by atoms with van der Waals surface area (Å²) in [5.74, 6) is 0. The van der Waals surface area contributed by atoms with Crippen LogP contribution in [0.1, 0.15) is 11.1 Å². The Morgan fingerprint density at radius 1 is 1.07 bits per heavy atom. The van der Waals surface area contributed by atoms with Crippen LogP contribution in [0.3, 0.4) is 0 Å². The number of hydrogen-bond donors (Lipinski definition) is 2. The molecule has 0 aliphatic carbocycles. The number of benzene rings is 2. The Labute approximate surface area is 167 Å². The van der Waals surface area contributed by atoms with Gasteiger partial charge in [-0.3, -0.25) is 4.68 Å². The van der Waals surface area contributed by atoms with Gasteiger partial charge < -0.3 is 10.6 Å². The zero-order valence-electron chi connectivity index (χ0n) is 13.8. The molecule has 2 N–H and O–H groups in total. The summed E-state index contributed by atoms with van der Waals surface area (Å²) in [6.45, 7) is 0.578.